The normalized spacial score (nSPS) is 30.7. The molecule has 1 aliphatic carbocycles. The Morgan fingerprint density at radius 3 is 2.50 bits per heavy atom. The summed E-state index contributed by atoms with van der Waals surface area (Å²) in [7, 11) is 0. The van der Waals surface area contributed by atoms with Gasteiger partial charge in [-0.3, -0.25) is 0 Å². The van der Waals surface area contributed by atoms with Crippen LogP contribution in [0.15, 0.2) is 0 Å². The summed E-state index contributed by atoms with van der Waals surface area (Å²) in [5, 5.41) is 7.96. The Morgan fingerprint density at radius 2 is 1.94 bits per heavy atom. The lowest BCUT2D eigenvalue weighted by Crippen LogP contribution is -2.38. The number of rotatable bonds is 5. The number of unbranched alkanes of at least 4 members (excludes halogenated alkanes) is 2. The first-order valence-electron chi connectivity index (χ1n) is 7.27. The molecule has 1 N–H and O–H groups in total. The van der Waals surface area contributed by atoms with Gasteiger partial charge in [-0.05, 0) is 55.8 Å². The molecule has 102 valence electrons. The van der Waals surface area contributed by atoms with Crippen LogP contribution in [0, 0.1) is 34.5 Å². The summed E-state index contributed by atoms with van der Waals surface area (Å²) in [5.41, 5.74) is 1.66. The fraction of sp³-hybridized carbons (Fsp3) is 0.824. The quantitative estimate of drug-likeness (QED) is 0.399. The van der Waals surface area contributed by atoms with Crippen LogP contribution in [0.4, 0.5) is 0 Å². The molecule has 1 aliphatic rings. The van der Waals surface area contributed by atoms with E-state index in [9.17, 15) is 0 Å². The van der Waals surface area contributed by atoms with Crippen molar-refractivity contribution in [2.24, 2.45) is 16.7 Å². The van der Waals surface area contributed by atoms with E-state index in [1.165, 1.54) is 32.1 Å². The Morgan fingerprint density at radius 1 is 1.28 bits per heavy atom. The summed E-state index contributed by atoms with van der Waals surface area (Å²) >= 11 is 0. The van der Waals surface area contributed by atoms with Gasteiger partial charge in [-0.15, -0.1) is 12.3 Å². The lowest BCUT2D eigenvalue weighted by molar-refractivity contribution is 0.0677. The van der Waals surface area contributed by atoms with E-state index in [0.717, 1.165) is 18.6 Å². The van der Waals surface area contributed by atoms with Crippen LogP contribution in [0.25, 0.3) is 0 Å². The Labute approximate surface area is 113 Å². The van der Waals surface area contributed by atoms with E-state index in [1.807, 2.05) is 6.92 Å². The maximum absolute atomic E-state index is 7.96. The SMILES string of the molecule is C#CCCCCC1(C)CC(C(C)=N)CC(C)(C)C1. The summed E-state index contributed by atoms with van der Waals surface area (Å²) in [4.78, 5) is 0. The van der Waals surface area contributed by atoms with Crippen LogP contribution in [-0.4, -0.2) is 5.71 Å². The van der Waals surface area contributed by atoms with Crippen LogP contribution in [0.3, 0.4) is 0 Å². The Bertz CT molecular complexity index is 334. The van der Waals surface area contributed by atoms with Crippen LogP contribution in [-0.2, 0) is 0 Å². The van der Waals surface area contributed by atoms with E-state index in [4.69, 9.17) is 11.8 Å². The molecule has 0 aromatic heterocycles. The van der Waals surface area contributed by atoms with E-state index < -0.39 is 0 Å². The highest BCUT2D eigenvalue weighted by Crippen LogP contribution is 2.51. The highest BCUT2D eigenvalue weighted by Gasteiger charge is 2.41. The zero-order chi connectivity index (χ0) is 13.8. The molecule has 0 spiro atoms. The van der Waals surface area contributed by atoms with Crippen molar-refractivity contribution in [1.29, 1.82) is 5.41 Å². The molecule has 18 heavy (non-hydrogen) atoms. The molecule has 1 nitrogen and oxygen atoms in total. The first-order chi connectivity index (χ1) is 8.28. The van der Waals surface area contributed by atoms with Gasteiger partial charge in [-0.25, -0.2) is 0 Å². The first kappa shape index (κ1) is 15.3. The maximum atomic E-state index is 7.96. The van der Waals surface area contributed by atoms with Gasteiger partial charge in [-0.1, -0.05) is 27.2 Å². The first-order valence-corrected chi connectivity index (χ1v) is 7.27. The van der Waals surface area contributed by atoms with Crippen LogP contribution >= 0.6 is 0 Å². The van der Waals surface area contributed by atoms with Gasteiger partial charge in [0.1, 0.15) is 0 Å². The molecule has 0 bridgehead atoms. The minimum Gasteiger partial charge on any atom is -0.310 e. The summed E-state index contributed by atoms with van der Waals surface area (Å²) in [5.74, 6) is 3.22. The van der Waals surface area contributed by atoms with Crippen molar-refractivity contribution in [3.05, 3.63) is 0 Å². The second-order valence-electron chi connectivity index (χ2n) is 7.35. The van der Waals surface area contributed by atoms with Crippen molar-refractivity contribution < 1.29 is 0 Å². The lowest BCUT2D eigenvalue weighted by atomic mass is 9.58. The molecule has 1 fully saturated rings. The third kappa shape index (κ3) is 4.48. The molecule has 0 radical (unpaired) electrons. The van der Waals surface area contributed by atoms with Gasteiger partial charge in [0.15, 0.2) is 0 Å². The Balaban J connectivity index is 2.62. The standard InChI is InChI=1S/C17H29N/c1-6-7-8-9-10-17(5)12-15(14(2)18)11-16(3,4)13-17/h1,15,18H,7-13H2,2-5H3. The van der Waals surface area contributed by atoms with Crippen molar-refractivity contribution >= 4 is 5.71 Å². The van der Waals surface area contributed by atoms with Crippen molar-refractivity contribution in [3.63, 3.8) is 0 Å². The van der Waals surface area contributed by atoms with Gasteiger partial charge >= 0.3 is 0 Å². The molecule has 2 unspecified atom stereocenters. The van der Waals surface area contributed by atoms with Gasteiger partial charge in [0.2, 0.25) is 0 Å². The van der Waals surface area contributed by atoms with Crippen molar-refractivity contribution in [3.8, 4) is 12.3 Å². The number of terminal acetylenes is 1. The predicted octanol–water partition coefficient (Wildman–Crippen LogP) is 5.05. The summed E-state index contributed by atoms with van der Waals surface area (Å²) < 4.78 is 0. The zero-order valence-corrected chi connectivity index (χ0v) is 12.6. The van der Waals surface area contributed by atoms with Crippen molar-refractivity contribution in [2.45, 2.75) is 72.6 Å². The molecule has 0 heterocycles. The van der Waals surface area contributed by atoms with Gasteiger partial charge in [0.25, 0.3) is 0 Å². The topological polar surface area (TPSA) is 23.9 Å². The Kier molecular flexibility index (Phi) is 5.02. The smallest absolute Gasteiger partial charge is 0.00895 e. The molecular formula is C17H29N. The van der Waals surface area contributed by atoms with E-state index in [-0.39, 0.29) is 0 Å². The van der Waals surface area contributed by atoms with Gasteiger partial charge in [0, 0.05) is 12.1 Å². The fourth-order valence-electron chi connectivity index (χ4n) is 3.91. The monoisotopic (exact) mass is 247 g/mol. The van der Waals surface area contributed by atoms with Crippen LogP contribution < -0.4 is 0 Å². The maximum Gasteiger partial charge on any atom is 0.00895 e. The fourth-order valence-corrected chi connectivity index (χ4v) is 3.91. The molecule has 2 atom stereocenters. The molecule has 0 aromatic carbocycles. The Hall–Kier alpha value is -0.770. The average Bonchev–Trinajstić information content (AvgIpc) is 2.21. The highest BCUT2D eigenvalue weighted by molar-refractivity contribution is 5.81. The summed E-state index contributed by atoms with van der Waals surface area (Å²) in [6.45, 7) is 9.12. The molecule has 0 aromatic rings. The van der Waals surface area contributed by atoms with Crippen LogP contribution in [0.5, 0.6) is 0 Å². The minimum absolute atomic E-state index is 0.381. The summed E-state index contributed by atoms with van der Waals surface area (Å²) in [6.07, 6.45) is 13.5. The molecule has 0 saturated heterocycles. The lowest BCUT2D eigenvalue weighted by Gasteiger charge is -2.47. The van der Waals surface area contributed by atoms with Gasteiger partial charge in [-0.2, -0.15) is 0 Å². The van der Waals surface area contributed by atoms with E-state index in [0.29, 0.717) is 16.7 Å². The molecular weight excluding hydrogens is 218 g/mol. The third-order valence-electron chi connectivity index (χ3n) is 4.41. The van der Waals surface area contributed by atoms with Gasteiger partial charge in [0.05, 0.1) is 0 Å². The molecule has 1 rings (SSSR count). The predicted molar refractivity (Wildman–Crippen MR) is 79.9 cm³/mol. The van der Waals surface area contributed by atoms with Crippen LogP contribution in [0.2, 0.25) is 0 Å². The second kappa shape index (κ2) is 5.91. The summed E-state index contributed by atoms with van der Waals surface area (Å²) in [6, 6.07) is 0. The highest BCUT2D eigenvalue weighted by atomic mass is 14.5. The molecule has 1 heteroatoms. The van der Waals surface area contributed by atoms with E-state index in [2.05, 4.69) is 26.7 Å². The van der Waals surface area contributed by atoms with Crippen LogP contribution in [0.1, 0.15) is 72.6 Å². The second-order valence-corrected chi connectivity index (χ2v) is 7.35. The largest absolute Gasteiger partial charge is 0.310 e. The van der Waals surface area contributed by atoms with E-state index >= 15 is 0 Å². The third-order valence-corrected chi connectivity index (χ3v) is 4.41. The average molecular weight is 247 g/mol. The van der Waals surface area contributed by atoms with E-state index in [1.54, 1.807) is 0 Å². The number of hydrogen-bond acceptors (Lipinski definition) is 1. The zero-order valence-electron chi connectivity index (χ0n) is 12.6. The van der Waals surface area contributed by atoms with Crippen molar-refractivity contribution in [2.75, 3.05) is 0 Å². The van der Waals surface area contributed by atoms with Gasteiger partial charge < -0.3 is 5.41 Å². The minimum atomic E-state index is 0.381. The number of hydrogen-bond donors (Lipinski definition) is 1. The molecule has 0 amide bonds. The number of nitrogens with one attached hydrogen (secondary N) is 1. The molecule has 1 saturated carbocycles. The van der Waals surface area contributed by atoms with Crippen molar-refractivity contribution in [1.82, 2.24) is 0 Å². The molecule has 0 aliphatic heterocycles.